The van der Waals surface area contributed by atoms with Crippen LogP contribution in [0.5, 0.6) is 0 Å². The van der Waals surface area contributed by atoms with Gasteiger partial charge in [0.05, 0.1) is 0 Å². The highest BCUT2D eigenvalue weighted by atomic mass is 16.4. The number of carboxylic acids is 1. The van der Waals surface area contributed by atoms with Gasteiger partial charge in [-0.2, -0.15) is 0 Å². The summed E-state index contributed by atoms with van der Waals surface area (Å²) in [5.41, 5.74) is 0. The van der Waals surface area contributed by atoms with E-state index in [1.54, 1.807) is 0 Å². The molecule has 0 spiro atoms. The average molecular weight is 170 g/mol. The summed E-state index contributed by atoms with van der Waals surface area (Å²) in [6.07, 6.45) is 1.01. The monoisotopic (exact) mass is 170 g/mol. The first-order valence-electron chi connectivity index (χ1n) is 4.36. The highest BCUT2D eigenvalue weighted by Crippen LogP contribution is 2.29. The molecule has 2 aliphatic heterocycles. The molecule has 2 aliphatic rings. The third-order valence-electron chi connectivity index (χ3n) is 3.02. The van der Waals surface area contributed by atoms with E-state index in [9.17, 15) is 4.79 Å². The molecule has 2 rings (SSSR count). The summed E-state index contributed by atoms with van der Waals surface area (Å²) < 4.78 is 0. The van der Waals surface area contributed by atoms with Gasteiger partial charge >= 0.3 is 5.97 Å². The highest BCUT2D eigenvalue weighted by molar-refractivity contribution is 5.74. The SMILES string of the molecule is CN1CC2NCCC2C1C(=O)O. The van der Waals surface area contributed by atoms with Gasteiger partial charge in [0, 0.05) is 18.5 Å². The van der Waals surface area contributed by atoms with Gasteiger partial charge in [-0.05, 0) is 20.0 Å². The lowest BCUT2D eigenvalue weighted by molar-refractivity contribution is -0.142. The van der Waals surface area contributed by atoms with Crippen molar-refractivity contribution in [2.75, 3.05) is 20.1 Å². The van der Waals surface area contributed by atoms with Gasteiger partial charge in [-0.1, -0.05) is 0 Å². The summed E-state index contributed by atoms with van der Waals surface area (Å²) in [6.45, 7) is 1.86. The maximum atomic E-state index is 10.9. The molecule has 2 heterocycles. The maximum absolute atomic E-state index is 10.9. The van der Waals surface area contributed by atoms with E-state index in [0.29, 0.717) is 12.0 Å². The van der Waals surface area contributed by atoms with Crippen LogP contribution in [0.1, 0.15) is 6.42 Å². The molecule has 0 radical (unpaired) electrons. The second-order valence-electron chi connectivity index (χ2n) is 3.74. The minimum absolute atomic E-state index is 0.259. The van der Waals surface area contributed by atoms with E-state index >= 15 is 0 Å². The van der Waals surface area contributed by atoms with Crippen molar-refractivity contribution >= 4 is 5.97 Å². The second-order valence-corrected chi connectivity index (χ2v) is 3.74. The number of likely N-dealkylation sites (tertiary alicyclic amines) is 1. The zero-order valence-corrected chi connectivity index (χ0v) is 7.16. The van der Waals surface area contributed by atoms with Crippen LogP contribution in [-0.4, -0.2) is 48.2 Å². The average Bonchev–Trinajstić information content (AvgIpc) is 2.44. The Hall–Kier alpha value is -0.610. The lowest BCUT2D eigenvalue weighted by Crippen LogP contribution is -2.37. The molecule has 2 saturated heterocycles. The lowest BCUT2D eigenvalue weighted by atomic mass is 9.97. The first-order chi connectivity index (χ1) is 5.70. The molecule has 0 aliphatic carbocycles. The summed E-state index contributed by atoms with van der Waals surface area (Å²) in [5.74, 6) is -0.346. The molecule has 0 aromatic rings. The number of nitrogens with one attached hydrogen (secondary N) is 1. The van der Waals surface area contributed by atoms with Crippen LogP contribution in [-0.2, 0) is 4.79 Å². The fourth-order valence-electron chi connectivity index (χ4n) is 2.49. The Kier molecular flexibility index (Phi) is 1.81. The van der Waals surface area contributed by atoms with E-state index in [1.165, 1.54) is 0 Å². The van der Waals surface area contributed by atoms with Crippen LogP contribution in [0.15, 0.2) is 0 Å². The van der Waals surface area contributed by atoms with Crippen LogP contribution in [0.4, 0.5) is 0 Å². The number of hydrogen-bond acceptors (Lipinski definition) is 3. The Bertz CT molecular complexity index is 207. The minimum Gasteiger partial charge on any atom is -0.480 e. The molecule has 0 amide bonds. The van der Waals surface area contributed by atoms with Gasteiger partial charge in [0.15, 0.2) is 0 Å². The third-order valence-corrected chi connectivity index (χ3v) is 3.02. The molecule has 4 nitrogen and oxygen atoms in total. The van der Waals surface area contributed by atoms with Crippen molar-refractivity contribution in [2.24, 2.45) is 5.92 Å². The molecular formula is C8H14N2O2. The summed E-state index contributed by atoms with van der Waals surface area (Å²) in [7, 11) is 1.89. The molecule has 0 aromatic heterocycles. The summed E-state index contributed by atoms with van der Waals surface area (Å²) >= 11 is 0. The number of hydrogen-bond donors (Lipinski definition) is 2. The Balaban J connectivity index is 2.15. The molecule has 12 heavy (non-hydrogen) atoms. The van der Waals surface area contributed by atoms with Gasteiger partial charge in [0.25, 0.3) is 0 Å². The number of nitrogens with zero attached hydrogens (tertiary/aromatic N) is 1. The van der Waals surface area contributed by atoms with Crippen molar-refractivity contribution < 1.29 is 9.90 Å². The second kappa shape index (κ2) is 2.71. The van der Waals surface area contributed by atoms with E-state index in [2.05, 4.69) is 5.32 Å². The zero-order chi connectivity index (χ0) is 8.72. The number of fused-ring (bicyclic) bond motifs is 1. The number of carboxylic acid groups (broad SMARTS) is 1. The van der Waals surface area contributed by atoms with E-state index in [0.717, 1.165) is 19.5 Å². The Morgan fingerprint density at radius 3 is 3.08 bits per heavy atom. The summed E-state index contributed by atoms with van der Waals surface area (Å²) in [5, 5.41) is 12.3. The zero-order valence-electron chi connectivity index (χ0n) is 7.16. The van der Waals surface area contributed by atoms with E-state index < -0.39 is 5.97 Å². The molecule has 0 bridgehead atoms. The van der Waals surface area contributed by atoms with Crippen LogP contribution >= 0.6 is 0 Å². The number of aliphatic carboxylic acids is 1. The molecule has 2 N–H and O–H groups in total. The van der Waals surface area contributed by atoms with Crippen LogP contribution in [0.3, 0.4) is 0 Å². The normalized spacial score (nSPS) is 41.6. The molecular weight excluding hydrogens is 156 g/mol. The number of rotatable bonds is 1. The van der Waals surface area contributed by atoms with Gasteiger partial charge < -0.3 is 10.4 Å². The van der Waals surface area contributed by atoms with Crippen molar-refractivity contribution in [3.63, 3.8) is 0 Å². The number of carbonyl (C=O) groups is 1. The molecule has 0 saturated carbocycles. The molecule has 3 unspecified atom stereocenters. The minimum atomic E-state index is -0.672. The van der Waals surface area contributed by atoms with Crippen molar-refractivity contribution in [3.8, 4) is 0 Å². The highest BCUT2D eigenvalue weighted by Gasteiger charge is 2.45. The van der Waals surface area contributed by atoms with Gasteiger partial charge in [0.2, 0.25) is 0 Å². The molecule has 0 aromatic carbocycles. The standard InChI is InChI=1S/C8H14N2O2/c1-10-4-6-5(2-3-9-6)7(10)8(11)12/h5-7,9H,2-4H2,1H3,(H,11,12). The molecule has 3 atom stereocenters. The molecule has 68 valence electrons. The largest absolute Gasteiger partial charge is 0.480 e. The van der Waals surface area contributed by atoms with Gasteiger partial charge in [-0.15, -0.1) is 0 Å². The predicted molar refractivity (Wildman–Crippen MR) is 44.0 cm³/mol. The topological polar surface area (TPSA) is 52.6 Å². The first-order valence-corrected chi connectivity index (χ1v) is 4.36. The Morgan fingerprint density at radius 1 is 1.67 bits per heavy atom. The molecule has 4 heteroatoms. The van der Waals surface area contributed by atoms with Crippen LogP contribution < -0.4 is 5.32 Å². The maximum Gasteiger partial charge on any atom is 0.321 e. The van der Waals surface area contributed by atoms with Crippen LogP contribution in [0, 0.1) is 5.92 Å². The summed E-state index contributed by atoms with van der Waals surface area (Å²) in [4.78, 5) is 12.8. The fraction of sp³-hybridized carbons (Fsp3) is 0.875. The predicted octanol–water partition coefficient (Wildman–Crippen LogP) is -0.637. The molecule has 2 fully saturated rings. The van der Waals surface area contributed by atoms with Gasteiger partial charge in [-0.25, -0.2) is 0 Å². The van der Waals surface area contributed by atoms with E-state index in [4.69, 9.17) is 5.11 Å². The lowest BCUT2D eigenvalue weighted by Gasteiger charge is -2.18. The van der Waals surface area contributed by atoms with E-state index in [1.807, 2.05) is 11.9 Å². The van der Waals surface area contributed by atoms with Gasteiger partial charge in [0.1, 0.15) is 6.04 Å². The fourth-order valence-corrected chi connectivity index (χ4v) is 2.49. The van der Waals surface area contributed by atoms with Crippen molar-refractivity contribution in [1.29, 1.82) is 0 Å². The smallest absolute Gasteiger partial charge is 0.321 e. The Labute approximate surface area is 71.5 Å². The van der Waals surface area contributed by atoms with Crippen LogP contribution in [0.2, 0.25) is 0 Å². The summed E-state index contributed by atoms with van der Waals surface area (Å²) in [6, 6.07) is 0.154. The van der Waals surface area contributed by atoms with Crippen molar-refractivity contribution in [2.45, 2.75) is 18.5 Å². The Morgan fingerprint density at radius 2 is 2.42 bits per heavy atom. The third kappa shape index (κ3) is 1.03. The quantitative estimate of drug-likeness (QED) is 0.550. The van der Waals surface area contributed by atoms with Crippen LogP contribution in [0.25, 0.3) is 0 Å². The van der Waals surface area contributed by atoms with E-state index in [-0.39, 0.29) is 6.04 Å². The van der Waals surface area contributed by atoms with Crippen molar-refractivity contribution in [3.05, 3.63) is 0 Å². The number of likely N-dealkylation sites (N-methyl/N-ethyl adjacent to an activating group) is 1. The first kappa shape index (κ1) is 8.01. The van der Waals surface area contributed by atoms with Crippen molar-refractivity contribution in [1.82, 2.24) is 10.2 Å². The van der Waals surface area contributed by atoms with Gasteiger partial charge in [-0.3, -0.25) is 9.69 Å².